The molecule has 3 aromatic rings. The van der Waals surface area contributed by atoms with E-state index in [1.807, 2.05) is 0 Å². The normalized spacial score (nSPS) is 17.2. The molecule has 2 aromatic heterocycles. The first-order valence-corrected chi connectivity index (χ1v) is 9.12. The van der Waals surface area contributed by atoms with Crippen LogP contribution in [0, 0.1) is 6.92 Å². The van der Waals surface area contributed by atoms with Gasteiger partial charge in [0, 0.05) is 29.9 Å². The van der Waals surface area contributed by atoms with Gasteiger partial charge in [-0.05, 0) is 31.7 Å². The summed E-state index contributed by atoms with van der Waals surface area (Å²) in [5, 5.41) is 4.91. The summed E-state index contributed by atoms with van der Waals surface area (Å²) in [5.41, 5.74) is 7.02. The maximum absolute atomic E-state index is 5.56. The lowest BCUT2D eigenvalue weighted by Gasteiger charge is -2.30. The Kier molecular flexibility index (Phi) is 3.48. The average molecular weight is 334 g/mol. The Bertz CT molecular complexity index is 926. The summed E-state index contributed by atoms with van der Waals surface area (Å²) in [7, 11) is 0. The first-order chi connectivity index (χ1) is 12.3. The van der Waals surface area contributed by atoms with Crippen LogP contribution < -0.4 is 4.90 Å². The van der Waals surface area contributed by atoms with E-state index in [2.05, 4.69) is 46.7 Å². The summed E-state index contributed by atoms with van der Waals surface area (Å²) >= 11 is 0. The molecule has 1 saturated heterocycles. The number of aromatic nitrogens is 3. The molecular formula is C20H22N4O. The van der Waals surface area contributed by atoms with E-state index in [9.17, 15) is 0 Å². The van der Waals surface area contributed by atoms with Gasteiger partial charge in [-0.3, -0.25) is 0 Å². The molecule has 0 unspecified atom stereocenters. The van der Waals surface area contributed by atoms with Crippen molar-refractivity contribution in [2.45, 2.75) is 26.2 Å². The molecule has 0 saturated carbocycles. The second-order valence-electron chi connectivity index (χ2n) is 6.88. The van der Waals surface area contributed by atoms with E-state index in [0.29, 0.717) is 0 Å². The third-order valence-corrected chi connectivity index (χ3v) is 5.31. The Morgan fingerprint density at radius 3 is 2.64 bits per heavy atom. The van der Waals surface area contributed by atoms with Gasteiger partial charge in [-0.15, -0.1) is 0 Å². The Labute approximate surface area is 147 Å². The van der Waals surface area contributed by atoms with Gasteiger partial charge in [-0.25, -0.2) is 4.98 Å². The molecule has 1 fully saturated rings. The topological polar surface area (TPSA) is 42.7 Å². The average Bonchev–Trinajstić information content (AvgIpc) is 3.24. The van der Waals surface area contributed by atoms with Crippen molar-refractivity contribution in [1.29, 1.82) is 0 Å². The third-order valence-electron chi connectivity index (χ3n) is 5.31. The van der Waals surface area contributed by atoms with Crippen LogP contribution in [0.2, 0.25) is 0 Å². The monoisotopic (exact) mass is 334 g/mol. The zero-order chi connectivity index (χ0) is 16.8. The first-order valence-electron chi connectivity index (χ1n) is 9.12. The van der Waals surface area contributed by atoms with Crippen molar-refractivity contribution in [1.82, 2.24) is 14.6 Å². The Morgan fingerprint density at radius 1 is 1.04 bits per heavy atom. The number of nitrogens with zero attached hydrogens (tertiary/aromatic N) is 4. The number of benzene rings is 1. The molecule has 1 aromatic carbocycles. The van der Waals surface area contributed by atoms with Crippen molar-refractivity contribution in [3.05, 3.63) is 47.3 Å². The number of hydrogen-bond acceptors (Lipinski definition) is 4. The molecule has 5 heteroatoms. The molecule has 0 amide bonds. The van der Waals surface area contributed by atoms with Crippen LogP contribution in [0.15, 0.2) is 30.3 Å². The highest BCUT2D eigenvalue weighted by molar-refractivity contribution is 5.81. The molecule has 1 aliphatic heterocycles. The maximum atomic E-state index is 5.56. The molecule has 5 nitrogen and oxygen atoms in total. The second-order valence-corrected chi connectivity index (χ2v) is 6.88. The zero-order valence-corrected chi connectivity index (χ0v) is 14.5. The minimum Gasteiger partial charge on any atom is -0.378 e. The van der Waals surface area contributed by atoms with Gasteiger partial charge in [0.05, 0.1) is 18.9 Å². The highest BCUT2D eigenvalue weighted by Crippen LogP contribution is 2.36. The number of hydrogen-bond donors (Lipinski definition) is 0. The molecule has 1 aliphatic carbocycles. The molecule has 2 aliphatic rings. The van der Waals surface area contributed by atoms with Gasteiger partial charge in [-0.1, -0.05) is 30.3 Å². The van der Waals surface area contributed by atoms with Crippen LogP contribution in [0.1, 0.15) is 23.4 Å². The molecule has 0 radical (unpaired) electrons. The van der Waals surface area contributed by atoms with E-state index >= 15 is 0 Å². The number of anilines is 1. The maximum Gasteiger partial charge on any atom is 0.165 e. The summed E-state index contributed by atoms with van der Waals surface area (Å²) in [6, 6.07) is 10.5. The lowest BCUT2D eigenvalue weighted by atomic mass is 10.1. The van der Waals surface area contributed by atoms with Crippen LogP contribution in [0.5, 0.6) is 0 Å². The molecule has 0 spiro atoms. The van der Waals surface area contributed by atoms with E-state index in [1.165, 1.54) is 29.1 Å². The fraction of sp³-hybridized carbons (Fsp3) is 0.400. The minimum absolute atomic E-state index is 0.782. The first kappa shape index (κ1) is 14.9. The molecule has 0 N–H and O–H groups in total. The number of ether oxygens (including phenoxy) is 1. The van der Waals surface area contributed by atoms with Gasteiger partial charge in [0.1, 0.15) is 5.82 Å². The fourth-order valence-electron chi connectivity index (χ4n) is 4.16. The van der Waals surface area contributed by atoms with Gasteiger partial charge < -0.3 is 9.64 Å². The summed E-state index contributed by atoms with van der Waals surface area (Å²) in [4.78, 5) is 7.49. The molecule has 128 valence electrons. The molecule has 0 atom stereocenters. The number of morpholine rings is 1. The quantitative estimate of drug-likeness (QED) is 0.722. The van der Waals surface area contributed by atoms with Crippen LogP contribution in [0.3, 0.4) is 0 Å². The third kappa shape index (κ3) is 2.34. The predicted molar refractivity (Wildman–Crippen MR) is 98.2 cm³/mol. The van der Waals surface area contributed by atoms with Gasteiger partial charge in [0.15, 0.2) is 5.65 Å². The van der Waals surface area contributed by atoms with Gasteiger partial charge >= 0.3 is 0 Å². The van der Waals surface area contributed by atoms with Crippen molar-refractivity contribution in [3.63, 3.8) is 0 Å². The summed E-state index contributed by atoms with van der Waals surface area (Å²) < 4.78 is 7.65. The van der Waals surface area contributed by atoms with Gasteiger partial charge in [0.25, 0.3) is 0 Å². The Hall–Kier alpha value is -2.40. The van der Waals surface area contributed by atoms with Crippen LogP contribution in [0.4, 0.5) is 5.82 Å². The molecule has 0 bridgehead atoms. The predicted octanol–water partition coefficient (Wildman–Crippen LogP) is 3.03. The summed E-state index contributed by atoms with van der Waals surface area (Å²) in [5.74, 6) is 1.24. The van der Waals surface area contributed by atoms with Crippen LogP contribution in [0.25, 0.3) is 16.8 Å². The molecule has 25 heavy (non-hydrogen) atoms. The van der Waals surface area contributed by atoms with Crippen molar-refractivity contribution in [3.8, 4) is 11.1 Å². The molecular weight excluding hydrogens is 312 g/mol. The number of rotatable bonds is 2. The standard InChI is InChI=1S/C20H22N4O/c1-14-18(15-6-3-2-4-7-15)19-21-17-9-5-8-16(17)20(24(19)22-14)23-10-12-25-13-11-23/h2-4,6-7H,5,8-13H2,1H3. The molecule has 5 rings (SSSR count). The van der Waals surface area contributed by atoms with Crippen molar-refractivity contribution in [2.75, 3.05) is 31.2 Å². The fourth-order valence-corrected chi connectivity index (χ4v) is 4.16. The minimum atomic E-state index is 0.782. The lowest BCUT2D eigenvalue weighted by molar-refractivity contribution is 0.122. The zero-order valence-electron chi connectivity index (χ0n) is 14.5. The van der Waals surface area contributed by atoms with Gasteiger partial charge in [-0.2, -0.15) is 9.61 Å². The van der Waals surface area contributed by atoms with Crippen molar-refractivity contribution in [2.24, 2.45) is 0 Å². The number of aryl methyl sites for hydroxylation is 2. The van der Waals surface area contributed by atoms with Crippen molar-refractivity contribution >= 4 is 11.5 Å². The van der Waals surface area contributed by atoms with E-state index in [4.69, 9.17) is 14.8 Å². The SMILES string of the molecule is Cc1nn2c(N3CCOCC3)c3c(nc2c1-c1ccccc1)CCC3. The van der Waals surface area contributed by atoms with Crippen molar-refractivity contribution < 1.29 is 4.74 Å². The summed E-state index contributed by atoms with van der Waals surface area (Å²) in [6.45, 7) is 5.50. The highest BCUT2D eigenvalue weighted by atomic mass is 16.5. The smallest absolute Gasteiger partial charge is 0.165 e. The number of fused-ring (bicyclic) bond motifs is 2. The van der Waals surface area contributed by atoms with E-state index < -0.39 is 0 Å². The van der Waals surface area contributed by atoms with E-state index in [0.717, 1.165) is 56.0 Å². The van der Waals surface area contributed by atoms with Crippen LogP contribution in [-0.4, -0.2) is 40.9 Å². The largest absolute Gasteiger partial charge is 0.378 e. The Morgan fingerprint density at radius 2 is 1.84 bits per heavy atom. The summed E-state index contributed by atoms with van der Waals surface area (Å²) in [6.07, 6.45) is 3.36. The van der Waals surface area contributed by atoms with Crippen LogP contribution >= 0.6 is 0 Å². The second kappa shape index (κ2) is 5.85. The Balaban J connectivity index is 1.78. The lowest BCUT2D eigenvalue weighted by Crippen LogP contribution is -2.38. The highest BCUT2D eigenvalue weighted by Gasteiger charge is 2.27. The van der Waals surface area contributed by atoms with Gasteiger partial charge in [0.2, 0.25) is 0 Å². The molecule has 3 heterocycles. The van der Waals surface area contributed by atoms with E-state index in [-0.39, 0.29) is 0 Å². The van der Waals surface area contributed by atoms with E-state index in [1.54, 1.807) is 0 Å². The van der Waals surface area contributed by atoms with Crippen LogP contribution in [-0.2, 0) is 17.6 Å².